The van der Waals surface area contributed by atoms with Crippen molar-refractivity contribution in [3.8, 4) is 0 Å². The van der Waals surface area contributed by atoms with Crippen molar-refractivity contribution in [2.24, 2.45) is 5.92 Å². The molecule has 1 aliphatic rings. The van der Waals surface area contributed by atoms with Crippen LogP contribution in [0, 0.1) is 12.8 Å². The first kappa shape index (κ1) is 12.0. The van der Waals surface area contributed by atoms with E-state index in [1.165, 1.54) is 0 Å². The number of aromatic nitrogens is 2. The Kier molecular flexibility index (Phi) is 3.39. The number of carboxylic acids is 1. The lowest BCUT2D eigenvalue weighted by Gasteiger charge is -2.24. The van der Waals surface area contributed by atoms with Gasteiger partial charge in [-0.25, -0.2) is 0 Å². The van der Waals surface area contributed by atoms with Crippen molar-refractivity contribution in [2.75, 3.05) is 20.3 Å². The predicted molar refractivity (Wildman–Crippen MR) is 56.2 cm³/mol. The van der Waals surface area contributed by atoms with Crippen LogP contribution < -0.4 is 0 Å². The highest BCUT2D eigenvalue weighted by atomic mass is 16.5. The minimum Gasteiger partial charge on any atom is -0.481 e. The summed E-state index contributed by atoms with van der Waals surface area (Å²) in [6, 6.07) is -0.153. The summed E-state index contributed by atoms with van der Waals surface area (Å²) >= 11 is 0. The standard InChI is InChI=1S/C10H15N3O4/c1-6-11-9(17-12-6)3-13(2)8-5-16-4-7(8)10(14)15/h7-8H,3-5H2,1-2H3,(H,14,15). The molecule has 1 aromatic heterocycles. The van der Waals surface area contributed by atoms with Gasteiger partial charge in [0.25, 0.3) is 0 Å². The molecule has 7 nitrogen and oxygen atoms in total. The van der Waals surface area contributed by atoms with Gasteiger partial charge in [0.05, 0.1) is 25.7 Å². The second-order valence-corrected chi connectivity index (χ2v) is 4.20. The maximum Gasteiger partial charge on any atom is 0.310 e. The van der Waals surface area contributed by atoms with Gasteiger partial charge in [0.2, 0.25) is 5.89 Å². The molecule has 2 unspecified atom stereocenters. The predicted octanol–water partition coefficient (Wildman–Crippen LogP) is -0.0906. The van der Waals surface area contributed by atoms with Crippen LogP contribution in [0.1, 0.15) is 11.7 Å². The van der Waals surface area contributed by atoms with E-state index in [9.17, 15) is 4.79 Å². The van der Waals surface area contributed by atoms with Gasteiger partial charge in [-0.05, 0) is 14.0 Å². The zero-order valence-corrected chi connectivity index (χ0v) is 9.79. The zero-order chi connectivity index (χ0) is 12.4. The highest BCUT2D eigenvalue weighted by molar-refractivity contribution is 5.71. The second-order valence-electron chi connectivity index (χ2n) is 4.20. The second kappa shape index (κ2) is 4.80. The monoisotopic (exact) mass is 241 g/mol. The van der Waals surface area contributed by atoms with Crippen molar-refractivity contribution >= 4 is 5.97 Å². The van der Waals surface area contributed by atoms with Gasteiger partial charge in [0.1, 0.15) is 0 Å². The molecule has 1 fully saturated rings. The highest BCUT2D eigenvalue weighted by Gasteiger charge is 2.37. The summed E-state index contributed by atoms with van der Waals surface area (Å²) in [5.41, 5.74) is 0. The Balaban J connectivity index is 1.99. The quantitative estimate of drug-likeness (QED) is 0.787. The molecule has 2 atom stereocenters. The summed E-state index contributed by atoms with van der Waals surface area (Å²) in [4.78, 5) is 17.0. The van der Waals surface area contributed by atoms with Gasteiger partial charge in [-0.3, -0.25) is 9.69 Å². The Bertz CT molecular complexity index is 406. The summed E-state index contributed by atoms with van der Waals surface area (Å²) < 4.78 is 10.2. The molecule has 0 spiro atoms. The summed E-state index contributed by atoms with van der Waals surface area (Å²) in [6.45, 7) is 2.85. The molecule has 1 N–H and O–H groups in total. The zero-order valence-electron chi connectivity index (χ0n) is 9.79. The lowest BCUT2D eigenvalue weighted by atomic mass is 10.0. The van der Waals surface area contributed by atoms with Gasteiger partial charge >= 0.3 is 5.97 Å². The number of aryl methyl sites for hydroxylation is 1. The number of likely N-dealkylation sites (N-methyl/N-ethyl adjacent to an activating group) is 1. The van der Waals surface area contributed by atoms with Crippen LogP contribution in [0.5, 0.6) is 0 Å². The third-order valence-corrected chi connectivity index (χ3v) is 2.89. The molecule has 1 saturated heterocycles. The van der Waals surface area contributed by atoms with E-state index in [2.05, 4.69) is 10.1 Å². The number of nitrogens with zero attached hydrogens (tertiary/aromatic N) is 3. The number of ether oxygens (including phenoxy) is 1. The smallest absolute Gasteiger partial charge is 0.310 e. The van der Waals surface area contributed by atoms with Gasteiger partial charge in [-0.15, -0.1) is 0 Å². The van der Waals surface area contributed by atoms with Gasteiger partial charge in [0.15, 0.2) is 5.82 Å². The number of hydrogen-bond acceptors (Lipinski definition) is 6. The van der Waals surface area contributed by atoms with Gasteiger partial charge in [-0.2, -0.15) is 4.98 Å². The van der Waals surface area contributed by atoms with E-state index in [1.807, 2.05) is 11.9 Å². The maximum absolute atomic E-state index is 11.0. The molecule has 1 aliphatic heterocycles. The summed E-state index contributed by atoms with van der Waals surface area (Å²) in [6.07, 6.45) is 0. The first-order chi connectivity index (χ1) is 8.08. The Morgan fingerprint density at radius 3 is 2.94 bits per heavy atom. The van der Waals surface area contributed by atoms with E-state index in [1.54, 1.807) is 6.92 Å². The van der Waals surface area contributed by atoms with Crippen LogP contribution in [-0.4, -0.2) is 52.4 Å². The van der Waals surface area contributed by atoms with E-state index in [0.717, 1.165) is 0 Å². The molecular formula is C10H15N3O4. The van der Waals surface area contributed by atoms with E-state index in [0.29, 0.717) is 24.9 Å². The van der Waals surface area contributed by atoms with Crippen LogP contribution in [0.15, 0.2) is 4.52 Å². The molecule has 0 bridgehead atoms. The van der Waals surface area contributed by atoms with Crippen molar-refractivity contribution in [1.82, 2.24) is 15.0 Å². The fourth-order valence-corrected chi connectivity index (χ4v) is 1.95. The van der Waals surface area contributed by atoms with Crippen molar-refractivity contribution in [2.45, 2.75) is 19.5 Å². The van der Waals surface area contributed by atoms with Crippen LogP contribution >= 0.6 is 0 Å². The number of rotatable bonds is 4. The molecule has 17 heavy (non-hydrogen) atoms. The van der Waals surface area contributed by atoms with E-state index in [-0.39, 0.29) is 12.6 Å². The molecule has 0 aromatic carbocycles. The first-order valence-corrected chi connectivity index (χ1v) is 5.38. The molecule has 0 aliphatic carbocycles. The van der Waals surface area contributed by atoms with Gasteiger partial charge in [-0.1, -0.05) is 5.16 Å². The molecular weight excluding hydrogens is 226 g/mol. The van der Waals surface area contributed by atoms with Crippen LogP contribution in [0.4, 0.5) is 0 Å². The third kappa shape index (κ3) is 2.62. The van der Waals surface area contributed by atoms with Crippen molar-refractivity contribution in [3.05, 3.63) is 11.7 Å². The Morgan fingerprint density at radius 2 is 2.35 bits per heavy atom. The van der Waals surface area contributed by atoms with Gasteiger partial charge in [0, 0.05) is 6.04 Å². The van der Waals surface area contributed by atoms with Crippen molar-refractivity contribution in [3.63, 3.8) is 0 Å². The molecule has 0 radical (unpaired) electrons. The fraction of sp³-hybridized carbons (Fsp3) is 0.700. The maximum atomic E-state index is 11.0. The van der Waals surface area contributed by atoms with E-state index >= 15 is 0 Å². The van der Waals surface area contributed by atoms with Crippen LogP contribution in [-0.2, 0) is 16.1 Å². The average Bonchev–Trinajstić information content (AvgIpc) is 2.86. The SMILES string of the molecule is Cc1noc(CN(C)C2COCC2C(=O)O)n1. The van der Waals surface area contributed by atoms with Crippen LogP contribution in [0.2, 0.25) is 0 Å². The summed E-state index contributed by atoms with van der Waals surface area (Å²) in [7, 11) is 1.83. The molecule has 2 rings (SSSR count). The van der Waals surface area contributed by atoms with Crippen LogP contribution in [0.25, 0.3) is 0 Å². The Morgan fingerprint density at radius 1 is 1.59 bits per heavy atom. The normalized spacial score (nSPS) is 24.4. The van der Waals surface area contributed by atoms with Crippen molar-refractivity contribution in [1.29, 1.82) is 0 Å². The molecule has 0 amide bonds. The van der Waals surface area contributed by atoms with E-state index < -0.39 is 11.9 Å². The number of carboxylic acid groups (broad SMARTS) is 1. The van der Waals surface area contributed by atoms with Gasteiger partial charge < -0.3 is 14.4 Å². The lowest BCUT2D eigenvalue weighted by molar-refractivity contribution is -0.143. The Labute approximate surface area is 98.4 Å². The van der Waals surface area contributed by atoms with E-state index in [4.69, 9.17) is 14.4 Å². The van der Waals surface area contributed by atoms with Crippen molar-refractivity contribution < 1.29 is 19.2 Å². The lowest BCUT2D eigenvalue weighted by Crippen LogP contribution is -2.40. The minimum absolute atomic E-state index is 0.153. The van der Waals surface area contributed by atoms with Crippen LogP contribution in [0.3, 0.4) is 0 Å². The topological polar surface area (TPSA) is 88.7 Å². The Hall–Kier alpha value is -1.47. The minimum atomic E-state index is -0.832. The average molecular weight is 241 g/mol. The number of carbonyl (C=O) groups is 1. The molecule has 2 heterocycles. The number of hydrogen-bond donors (Lipinski definition) is 1. The first-order valence-electron chi connectivity index (χ1n) is 5.38. The largest absolute Gasteiger partial charge is 0.481 e. The summed E-state index contributed by atoms with van der Waals surface area (Å²) in [5, 5.41) is 12.7. The molecule has 94 valence electrons. The summed E-state index contributed by atoms with van der Waals surface area (Å²) in [5.74, 6) is -0.267. The molecule has 0 saturated carbocycles. The highest BCUT2D eigenvalue weighted by Crippen LogP contribution is 2.20. The molecule has 1 aromatic rings. The number of aliphatic carboxylic acids is 1. The molecule has 7 heteroatoms. The fourth-order valence-electron chi connectivity index (χ4n) is 1.95. The third-order valence-electron chi connectivity index (χ3n) is 2.89.